The molecule has 0 radical (unpaired) electrons. The summed E-state index contributed by atoms with van der Waals surface area (Å²) in [6.45, 7) is 0. The van der Waals surface area contributed by atoms with Crippen molar-refractivity contribution in [2.45, 2.75) is 6.42 Å². The van der Waals surface area contributed by atoms with Crippen molar-refractivity contribution in [3.8, 4) is 5.75 Å². The summed E-state index contributed by atoms with van der Waals surface area (Å²) in [7, 11) is 1.53. The Morgan fingerprint density at radius 2 is 1.86 bits per heavy atom. The maximum absolute atomic E-state index is 12.1. The van der Waals surface area contributed by atoms with E-state index in [1.807, 2.05) is 0 Å². The van der Waals surface area contributed by atoms with E-state index in [1.165, 1.54) is 7.11 Å². The average molecular weight is 284 g/mol. The first-order valence-corrected chi connectivity index (χ1v) is 6.32. The molecule has 0 bridgehead atoms. The van der Waals surface area contributed by atoms with Crippen molar-refractivity contribution in [3.63, 3.8) is 0 Å². The van der Waals surface area contributed by atoms with Gasteiger partial charge >= 0.3 is 0 Å². The molecule has 0 fully saturated rings. The van der Waals surface area contributed by atoms with Crippen LogP contribution in [0.2, 0.25) is 0 Å². The van der Waals surface area contributed by atoms with Crippen molar-refractivity contribution in [2.24, 2.45) is 0 Å². The van der Waals surface area contributed by atoms with Crippen molar-refractivity contribution in [2.75, 3.05) is 12.4 Å². The second-order valence-electron chi connectivity index (χ2n) is 4.43. The van der Waals surface area contributed by atoms with Gasteiger partial charge in [0.25, 0.3) is 5.91 Å². The Morgan fingerprint density at radius 1 is 1.14 bits per heavy atom. The first kappa shape index (κ1) is 14.6. The Balaban J connectivity index is 2.06. The molecule has 0 aliphatic carbocycles. The molecule has 0 spiro atoms. The lowest BCUT2D eigenvalue weighted by molar-refractivity contribution is -0.304. The molecule has 108 valence electrons. The maximum Gasteiger partial charge on any atom is 0.255 e. The number of nitrogens with one attached hydrogen (secondary N) is 1. The minimum Gasteiger partial charge on any atom is -0.550 e. The number of carboxylic acids is 1. The highest BCUT2D eigenvalue weighted by atomic mass is 16.5. The summed E-state index contributed by atoms with van der Waals surface area (Å²) in [4.78, 5) is 22.6. The van der Waals surface area contributed by atoms with Gasteiger partial charge in [0.2, 0.25) is 0 Å². The highest BCUT2D eigenvalue weighted by Crippen LogP contribution is 2.15. The second-order valence-corrected chi connectivity index (χ2v) is 4.43. The largest absolute Gasteiger partial charge is 0.550 e. The number of rotatable bonds is 5. The highest BCUT2D eigenvalue weighted by Gasteiger charge is 2.07. The fourth-order valence-corrected chi connectivity index (χ4v) is 1.84. The first-order chi connectivity index (χ1) is 10.1. The minimum absolute atomic E-state index is 0.149. The predicted octanol–water partition coefficient (Wildman–Crippen LogP) is 1.24. The molecule has 1 N–H and O–H groups in total. The second kappa shape index (κ2) is 6.56. The average Bonchev–Trinajstić information content (AvgIpc) is 2.49. The lowest BCUT2D eigenvalue weighted by atomic mass is 10.1. The number of amides is 1. The third-order valence-electron chi connectivity index (χ3n) is 2.89. The molecule has 5 heteroatoms. The fraction of sp³-hybridized carbons (Fsp3) is 0.125. The number of ether oxygens (including phenoxy) is 1. The van der Waals surface area contributed by atoms with Gasteiger partial charge in [0.05, 0.1) is 7.11 Å². The number of methoxy groups -OCH3 is 1. The molecule has 2 aromatic carbocycles. The molecule has 0 saturated carbocycles. The molecule has 0 atom stereocenters. The Bertz CT molecular complexity index is 650. The number of hydrogen-bond acceptors (Lipinski definition) is 4. The SMILES string of the molecule is COc1cccc(C(=O)Nc2ccc(CC(=O)[O-])cc2)c1. The molecule has 0 aliphatic heterocycles. The molecule has 5 nitrogen and oxygen atoms in total. The van der Waals surface area contributed by atoms with E-state index in [2.05, 4.69) is 5.32 Å². The topological polar surface area (TPSA) is 78.5 Å². The van der Waals surface area contributed by atoms with Crippen molar-refractivity contribution >= 4 is 17.6 Å². The fourth-order valence-electron chi connectivity index (χ4n) is 1.84. The molecule has 0 saturated heterocycles. The Morgan fingerprint density at radius 3 is 2.48 bits per heavy atom. The van der Waals surface area contributed by atoms with E-state index < -0.39 is 5.97 Å². The molecule has 1 amide bonds. The van der Waals surface area contributed by atoms with Crippen LogP contribution in [0.25, 0.3) is 0 Å². The third kappa shape index (κ3) is 4.07. The van der Waals surface area contributed by atoms with Gasteiger partial charge in [-0.2, -0.15) is 0 Å². The van der Waals surface area contributed by atoms with E-state index in [1.54, 1.807) is 48.5 Å². The molecule has 0 aromatic heterocycles. The normalized spacial score (nSPS) is 9.95. The third-order valence-corrected chi connectivity index (χ3v) is 2.89. The monoisotopic (exact) mass is 284 g/mol. The molecule has 0 unspecified atom stereocenters. The lowest BCUT2D eigenvalue weighted by Gasteiger charge is -2.08. The quantitative estimate of drug-likeness (QED) is 0.896. The van der Waals surface area contributed by atoms with Gasteiger partial charge in [0.1, 0.15) is 5.75 Å². The lowest BCUT2D eigenvalue weighted by Crippen LogP contribution is -2.24. The molecule has 21 heavy (non-hydrogen) atoms. The summed E-state index contributed by atoms with van der Waals surface area (Å²) in [5, 5.41) is 13.2. The molecule has 2 aromatic rings. The molecule has 2 rings (SSSR count). The zero-order valence-corrected chi connectivity index (χ0v) is 11.5. The number of carbonyl (C=O) groups excluding carboxylic acids is 2. The highest BCUT2D eigenvalue weighted by molar-refractivity contribution is 6.04. The van der Waals surface area contributed by atoms with E-state index in [-0.39, 0.29) is 12.3 Å². The van der Waals surface area contributed by atoms with E-state index in [9.17, 15) is 14.7 Å². The van der Waals surface area contributed by atoms with Crippen LogP contribution in [0.5, 0.6) is 5.75 Å². The Hall–Kier alpha value is -2.82. The number of hydrogen-bond donors (Lipinski definition) is 1. The van der Waals surface area contributed by atoms with Crippen LogP contribution in [0.3, 0.4) is 0 Å². The molecule has 0 heterocycles. The van der Waals surface area contributed by atoms with Crippen LogP contribution < -0.4 is 15.2 Å². The molecule has 0 aliphatic rings. The summed E-state index contributed by atoms with van der Waals surface area (Å²) in [6, 6.07) is 13.4. The van der Waals surface area contributed by atoms with Gasteiger partial charge in [-0.1, -0.05) is 18.2 Å². The van der Waals surface area contributed by atoms with Crippen LogP contribution in [-0.4, -0.2) is 19.0 Å². The predicted molar refractivity (Wildman–Crippen MR) is 76.1 cm³/mol. The molecular weight excluding hydrogens is 270 g/mol. The number of benzene rings is 2. The summed E-state index contributed by atoms with van der Waals surface area (Å²) in [5.41, 5.74) is 1.69. The number of aliphatic carboxylic acids is 1. The van der Waals surface area contributed by atoms with Gasteiger partial charge in [0, 0.05) is 23.6 Å². The summed E-state index contributed by atoms with van der Waals surface area (Å²) in [6.07, 6.45) is -0.149. The van der Waals surface area contributed by atoms with Gasteiger partial charge < -0.3 is 20.0 Å². The Kier molecular flexibility index (Phi) is 4.56. The number of carboxylic acid groups (broad SMARTS) is 1. The van der Waals surface area contributed by atoms with Crippen LogP contribution in [0, 0.1) is 0 Å². The van der Waals surface area contributed by atoms with E-state index in [0.29, 0.717) is 22.6 Å². The smallest absolute Gasteiger partial charge is 0.255 e. The Labute approximate surface area is 122 Å². The summed E-state index contributed by atoms with van der Waals surface area (Å²) >= 11 is 0. The van der Waals surface area contributed by atoms with Crippen LogP contribution in [0.15, 0.2) is 48.5 Å². The maximum atomic E-state index is 12.1. The van der Waals surface area contributed by atoms with Gasteiger partial charge in [-0.25, -0.2) is 0 Å². The standard InChI is InChI=1S/C16H15NO4/c1-21-14-4-2-3-12(10-14)16(20)17-13-7-5-11(6-8-13)9-15(18)19/h2-8,10H,9H2,1H3,(H,17,20)(H,18,19)/p-1. The van der Waals surface area contributed by atoms with E-state index in [4.69, 9.17) is 4.74 Å². The van der Waals surface area contributed by atoms with Crippen LogP contribution in [-0.2, 0) is 11.2 Å². The van der Waals surface area contributed by atoms with Gasteiger partial charge in [0.15, 0.2) is 0 Å². The van der Waals surface area contributed by atoms with Crippen LogP contribution >= 0.6 is 0 Å². The van der Waals surface area contributed by atoms with Gasteiger partial charge in [-0.15, -0.1) is 0 Å². The number of carbonyl (C=O) groups is 2. The zero-order valence-electron chi connectivity index (χ0n) is 11.5. The van der Waals surface area contributed by atoms with Crippen molar-refractivity contribution < 1.29 is 19.4 Å². The van der Waals surface area contributed by atoms with Gasteiger partial charge in [-0.05, 0) is 35.9 Å². The van der Waals surface area contributed by atoms with E-state index >= 15 is 0 Å². The zero-order chi connectivity index (χ0) is 15.2. The van der Waals surface area contributed by atoms with Crippen molar-refractivity contribution in [1.82, 2.24) is 0 Å². The van der Waals surface area contributed by atoms with Crippen LogP contribution in [0.4, 0.5) is 5.69 Å². The number of anilines is 1. The van der Waals surface area contributed by atoms with Crippen molar-refractivity contribution in [3.05, 3.63) is 59.7 Å². The summed E-state index contributed by atoms with van der Waals surface area (Å²) in [5.74, 6) is -0.795. The molecular formula is C16H14NO4-. The van der Waals surface area contributed by atoms with E-state index in [0.717, 1.165) is 0 Å². The van der Waals surface area contributed by atoms with Gasteiger partial charge in [-0.3, -0.25) is 4.79 Å². The van der Waals surface area contributed by atoms with Crippen molar-refractivity contribution in [1.29, 1.82) is 0 Å². The summed E-state index contributed by atoms with van der Waals surface area (Å²) < 4.78 is 5.07. The first-order valence-electron chi connectivity index (χ1n) is 6.32. The van der Waals surface area contributed by atoms with Crippen LogP contribution in [0.1, 0.15) is 15.9 Å². The minimum atomic E-state index is -1.14.